The molecule has 18 heavy (non-hydrogen) atoms. The van der Waals surface area contributed by atoms with Crippen LogP contribution in [0.1, 0.15) is 33.1 Å². The zero-order valence-corrected chi connectivity index (χ0v) is 12.8. The summed E-state index contributed by atoms with van der Waals surface area (Å²) in [6.45, 7) is 6.03. The summed E-state index contributed by atoms with van der Waals surface area (Å²) < 4.78 is 28.4. The molecule has 6 heteroatoms. The van der Waals surface area contributed by atoms with E-state index in [-0.39, 0.29) is 6.04 Å². The fourth-order valence-electron chi connectivity index (χ4n) is 3.03. The Balaban J connectivity index is 2.03. The van der Waals surface area contributed by atoms with Gasteiger partial charge in [0.1, 0.15) is 0 Å². The first kappa shape index (κ1) is 14.6. The van der Waals surface area contributed by atoms with E-state index in [1.54, 1.807) is 8.61 Å². The smallest absolute Gasteiger partial charge is 0.195 e. The molecule has 0 spiro atoms. The average molecular weight is 295 g/mol. The van der Waals surface area contributed by atoms with Crippen LogP contribution in [0.2, 0.25) is 0 Å². The van der Waals surface area contributed by atoms with E-state index in [1.807, 2.05) is 6.92 Å². The molecule has 2 unspecified atom stereocenters. The molecule has 106 valence electrons. The Morgan fingerprint density at radius 3 is 2.28 bits per heavy atom. The normalized spacial score (nSPS) is 33.1. The number of alkyl halides is 1. The third kappa shape index (κ3) is 2.84. The van der Waals surface area contributed by atoms with Crippen LogP contribution in [-0.4, -0.2) is 48.6 Å². The second-order valence-corrected chi connectivity index (χ2v) is 7.95. The van der Waals surface area contributed by atoms with Gasteiger partial charge in [0.05, 0.1) is 0 Å². The van der Waals surface area contributed by atoms with E-state index in [2.05, 4.69) is 6.92 Å². The minimum atomic E-state index is -3.25. The monoisotopic (exact) mass is 294 g/mol. The third-order valence-electron chi connectivity index (χ3n) is 4.14. The first-order valence-electron chi connectivity index (χ1n) is 6.78. The highest BCUT2D eigenvalue weighted by atomic mass is 35.5. The van der Waals surface area contributed by atoms with Crippen LogP contribution in [0.3, 0.4) is 0 Å². The van der Waals surface area contributed by atoms with Crippen molar-refractivity contribution in [1.82, 2.24) is 8.61 Å². The second-order valence-electron chi connectivity index (χ2n) is 5.76. The zero-order valence-electron chi connectivity index (χ0n) is 11.2. The summed E-state index contributed by atoms with van der Waals surface area (Å²) >= 11 is 5.83. The van der Waals surface area contributed by atoms with E-state index < -0.39 is 10.2 Å². The lowest BCUT2D eigenvalue weighted by atomic mass is 10.0. The van der Waals surface area contributed by atoms with Crippen molar-refractivity contribution in [1.29, 1.82) is 0 Å². The lowest BCUT2D eigenvalue weighted by Crippen LogP contribution is -2.48. The second kappa shape index (κ2) is 5.65. The van der Waals surface area contributed by atoms with Gasteiger partial charge in [-0.1, -0.05) is 6.92 Å². The van der Waals surface area contributed by atoms with E-state index in [0.29, 0.717) is 37.4 Å². The zero-order chi connectivity index (χ0) is 13.3. The predicted molar refractivity (Wildman–Crippen MR) is 73.9 cm³/mol. The molecule has 0 aromatic rings. The standard InChI is InChI=1S/C12H23ClN2O2S/c1-10-7-11(2)15(9-10)18(16,17)14-5-3-12(8-13)4-6-14/h10-12H,3-9H2,1-2H3. The van der Waals surface area contributed by atoms with Crippen LogP contribution in [0.25, 0.3) is 0 Å². The van der Waals surface area contributed by atoms with E-state index in [1.165, 1.54) is 0 Å². The van der Waals surface area contributed by atoms with Gasteiger partial charge in [-0.25, -0.2) is 0 Å². The largest absolute Gasteiger partial charge is 0.282 e. The van der Waals surface area contributed by atoms with Crippen LogP contribution in [0.5, 0.6) is 0 Å². The molecule has 0 N–H and O–H groups in total. The minimum Gasteiger partial charge on any atom is -0.195 e. The summed E-state index contributed by atoms with van der Waals surface area (Å²) in [5.74, 6) is 1.59. The van der Waals surface area contributed by atoms with Gasteiger partial charge >= 0.3 is 0 Å². The Kier molecular flexibility index (Phi) is 4.57. The van der Waals surface area contributed by atoms with Gasteiger partial charge in [0.25, 0.3) is 10.2 Å². The third-order valence-corrected chi connectivity index (χ3v) is 6.70. The lowest BCUT2D eigenvalue weighted by molar-refractivity contribution is 0.263. The van der Waals surface area contributed by atoms with E-state index in [0.717, 1.165) is 19.3 Å². The number of hydrogen-bond donors (Lipinski definition) is 0. The molecule has 4 nitrogen and oxygen atoms in total. The Morgan fingerprint density at radius 1 is 1.22 bits per heavy atom. The number of rotatable bonds is 3. The summed E-state index contributed by atoms with van der Waals surface area (Å²) in [6, 6.07) is 0.135. The number of hydrogen-bond acceptors (Lipinski definition) is 2. The number of piperidine rings is 1. The summed E-state index contributed by atoms with van der Waals surface area (Å²) in [5.41, 5.74) is 0. The van der Waals surface area contributed by atoms with Crippen LogP contribution >= 0.6 is 11.6 Å². The molecule has 0 aromatic heterocycles. The number of nitrogens with zero attached hydrogens (tertiary/aromatic N) is 2. The fourth-order valence-corrected chi connectivity index (χ4v) is 5.29. The summed E-state index contributed by atoms with van der Waals surface area (Å²) in [4.78, 5) is 0. The van der Waals surface area contributed by atoms with Crippen molar-refractivity contribution < 1.29 is 8.42 Å². The van der Waals surface area contributed by atoms with Crippen molar-refractivity contribution in [2.24, 2.45) is 11.8 Å². The van der Waals surface area contributed by atoms with Gasteiger partial charge < -0.3 is 0 Å². The maximum absolute atomic E-state index is 12.6. The fraction of sp³-hybridized carbons (Fsp3) is 1.00. The molecule has 0 amide bonds. The van der Waals surface area contributed by atoms with E-state index in [4.69, 9.17) is 11.6 Å². The highest BCUT2D eigenvalue weighted by Crippen LogP contribution is 2.29. The van der Waals surface area contributed by atoms with Crippen molar-refractivity contribution >= 4 is 21.8 Å². The molecule has 2 fully saturated rings. The van der Waals surface area contributed by atoms with Crippen molar-refractivity contribution in [2.75, 3.05) is 25.5 Å². The lowest BCUT2D eigenvalue weighted by Gasteiger charge is -2.34. The average Bonchev–Trinajstić information content (AvgIpc) is 2.69. The van der Waals surface area contributed by atoms with Crippen LogP contribution in [0, 0.1) is 11.8 Å². The van der Waals surface area contributed by atoms with Crippen LogP contribution in [-0.2, 0) is 10.2 Å². The van der Waals surface area contributed by atoms with Crippen molar-refractivity contribution in [3.05, 3.63) is 0 Å². The van der Waals surface area contributed by atoms with Crippen LogP contribution < -0.4 is 0 Å². The van der Waals surface area contributed by atoms with E-state index >= 15 is 0 Å². The maximum Gasteiger partial charge on any atom is 0.282 e. The van der Waals surface area contributed by atoms with Crippen LogP contribution in [0.4, 0.5) is 0 Å². The molecule has 0 bridgehead atoms. The van der Waals surface area contributed by atoms with Gasteiger partial charge in [0.2, 0.25) is 0 Å². The maximum atomic E-state index is 12.6. The SMILES string of the molecule is CC1CC(C)N(S(=O)(=O)N2CCC(CCl)CC2)C1. The highest BCUT2D eigenvalue weighted by Gasteiger charge is 2.39. The quantitative estimate of drug-likeness (QED) is 0.746. The van der Waals surface area contributed by atoms with Gasteiger partial charge in [-0.15, -0.1) is 11.6 Å². The van der Waals surface area contributed by atoms with Gasteiger partial charge in [0, 0.05) is 31.6 Å². The van der Waals surface area contributed by atoms with Crippen molar-refractivity contribution in [2.45, 2.75) is 39.2 Å². The van der Waals surface area contributed by atoms with Crippen molar-refractivity contribution in [3.63, 3.8) is 0 Å². The first-order valence-corrected chi connectivity index (χ1v) is 8.71. The topological polar surface area (TPSA) is 40.6 Å². The molecule has 0 aliphatic carbocycles. The summed E-state index contributed by atoms with van der Waals surface area (Å²) in [6.07, 6.45) is 2.75. The first-order chi connectivity index (χ1) is 8.45. The van der Waals surface area contributed by atoms with Crippen LogP contribution in [0.15, 0.2) is 0 Å². The molecule has 2 rings (SSSR count). The molecular weight excluding hydrogens is 272 g/mol. The molecule has 2 saturated heterocycles. The Hall–Kier alpha value is 0.160. The molecule has 2 heterocycles. The van der Waals surface area contributed by atoms with E-state index in [9.17, 15) is 8.42 Å². The summed E-state index contributed by atoms with van der Waals surface area (Å²) in [7, 11) is -3.25. The Labute approximate surface area is 115 Å². The number of halogens is 1. The van der Waals surface area contributed by atoms with Gasteiger partial charge in [-0.3, -0.25) is 0 Å². The molecule has 2 aliphatic rings. The summed E-state index contributed by atoms with van der Waals surface area (Å²) in [5, 5.41) is 0. The molecule has 2 aliphatic heterocycles. The van der Waals surface area contributed by atoms with Gasteiger partial charge in [-0.05, 0) is 38.0 Å². The van der Waals surface area contributed by atoms with Gasteiger partial charge in [-0.2, -0.15) is 17.0 Å². The minimum absolute atomic E-state index is 0.135. The molecule has 2 atom stereocenters. The molecule has 0 radical (unpaired) electrons. The highest BCUT2D eigenvalue weighted by molar-refractivity contribution is 7.86. The molecule has 0 saturated carbocycles. The Morgan fingerprint density at radius 2 is 1.83 bits per heavy atom. The Bertz CT molecular complexity index is 380. The molecular formula is C12H23ClN2O2S. The van der Waals surface area contributed by atoms with Crippen molar-refractivity contribution in [3.8, 4) is 0 Å². The predicted octanol–water partition coefficient (Wildman–Crippen LogP) is 1.91. The molecule has 0 aromatic carbocycles. The van der Waals surface area contributed by atoms with Gasteiger partial charge in [0.15, 0.2) is 0 Å².